The molecule has 4 nitrogen and oxygen atoms in total. The van der Waals surface area contributed by atoms with Gasteiger partial charge in [0.15, 0.2) is 0 Å². The van der Waals surface area contributed by atoms with Gasteiger partial charge in [-0.3, -0.25) is 0 Å². The van der Waals surface area contributed by atoms with Crippen LogP contribution in [0.3, 0.4) is 0 Å². The smallest absolute Gasteiger partial charge is 0.342 e. The summed E-state index contributed by atoms with van der Waals surface area (Å²) in [5.41, 5.74) is 1.72. The number of carbonyl (C=O) groups excluding carboxylic acids is 1. The minimum atomic E-state index is -0.506. The fourth-order valence-electron chi connectivity index (χ4n) is 2.14. The lowest BCUT2D eigenvalue weighted by Gasteiger charge is -2.26. The summed E-state index contributed by atoms with van der Waals surface area (Å²) in [6.45, 7) is 3.40. The predicted molar refractivity (Wildman–Crippen MR) is 62.0 cm³/mol. The molecule has 0 spiro atoms. The van der Waals surface area contributed by atoms with Crippen LogP contribution < -0.4 is 0 Å². The largest absolute Gasteiger partial charge is 0.507 e. The van der Waals surface area contributed by atoms with Crippen LogP contribution in [0.15, 0.2) is 12.1 Å². The van der Waals surface area contributed by atoms with Crippen molar-refractivity contribution in [2.24, 2.45) is 0 Å². The number of cyclic esters (lactones) is 1. The topological polar surface area (TPSA) is 66.8 Å². The number of benzene rings is 1. The summed E-state index contributed by atoms with van der Waals surface area (Å²) in [4.78, 5) is 11.8. The van der Waals surface area contributed by atoms with Crippen molar-refractivity contribution in [1.29, 1.82) is 0 Å². The normalized spacial score (nSPS) is 20.6. The predicted octanol–water partition coefficient (Wildman–Crippen LogP) is 1.55. The highest BCUT2D eigenvalue weighted by atomic mass is 16.5. The van der Waals surface area contributed by atoms with Crippen LogP contribution in [-0.4, -0.2) is 28.4 Å². The van der Waals surface area contributed by atoms with E-state index in [0.717, 1.165) is 5.56 Å². The number of carbonyl (C=O) groups is 1. The summed E-state index contributed by atoms with van der Waals surface area (Å²) < 4.78 is 5.20. The number of aliphatic hydroxyl groups is 1. The number of hydrogen-bond donors (Lipinski definition) is 2. The maximum absolute atomic E-state index is 11.8. The maximum Gasteiger partial charge on any atom is 0.342 e. The minimum Gasteiger partial charge on any atom is -0.507 e. The van der Waals surface area contributed by atoms with Crippen molar-refractivity contribution in [2.75, 3.05) is 0 Å². The van der Waals surface area contributed by atoms with E-state index in [0.29, 0.717) is 18.4 Å². The monoisotopic (exact) mass is 236 g/mol. The average Bonchev–Trinajstić information content (AvgIpc) is 2.22. The Morgan fingerprint density at radius 3 is 2.88 bits per heavy atom. The number of aryl methyl sites for hydroxylation is 1. The molecule has 0 radical (unpaired) electrons. The van der Waals surface area contributed by atoms with Gasteiger partial charge in [0.2, 0.25) is 0 Å². The number of ether oxygens (including phenoxy) is 1. The summed E-state index contributed by atoms with van der Waals surface area (Å²) in [6.07, 6.45) is 0.144. The lowest BCUT2D eigenvalue weighted by atomic mass is 9.93. The highest BCUT2D eigenvalue weighted by molar-refractivity contribution is 5.95. The molecule has 0 unspecified atom stereocenters. The standard InChI is InChI=1S/C13H16O4/c1-7-3-4-9-6-10(5-8(2)14)17-13(16)11(9)12(7)15/h3-4,8,10,14-15H,5-6H2,1-2H3/t8-,10+/m1/s1. The second kappa shape index (κ2) is 4.37. The van der Waals surface area contributed by atoms with E-state index in [-0.39, 0.29) is 17.4 Å². The first-order valence-corrected chi connectivity index (χ1v) is 5.69. The summed E-state index contributed by atoms with van der Waals surface area (Å²) in [5, 5.41) is 19.1. The molecular formula is C13H16O4. The Morgan fingerprint density at radius 1 is 1.53 bits per heavy atom. The summed E-state index contributed by atoms with van der Waals surface area (Å²) in [6, 6.07) is 3.62. The minimum absolute atomic E-state index is 0.00277. The van der Waals surface area contributed by atoms with Crippen LogP contribution in [0.4, 0.5) is 0 Å². The molecule has 0 bridgehead atoms. The number of phenolic OH excluding ortho intramolecular Hbond substituents is 1. The number of phenols is 1. The molecule has 0 amide bonds. The maximum atomic E-state index is 11.8. The van der Waals surface area contributed by atoms with Crippen molar-refractivity contribution in [2.45, 2.75) is 38.9 Å². The lowest BCUT2D eigenvalue weighted by molar-refractivity contribution is 0.0120. The van der Waals surface area contributed by atoms with E-state index in [1.54, 1.807) is 19.9 Å². The Labute approximate surface area is 99.8 Å². The third-order valence-corrected chi connectivity index (χ3v) is 3.00. The van der Waals surface area contributed by atoms with Crippen LogP contribution in [0, 0.1) is 6.92 Å². The van der Waals surface area contributed by atoms with Crippen LogP contribution >= 0.6 is 0 Å². The van der Waals surface area contributed by atoms with E-state index in [1.807, 2.05) is 6.07 Å². The van der Waals surface area contributed by atoms with E-state index in [1.165, 1.54) is 0 Å². The molecule has 1 aromatic carbocycles. The third kappa shape index (κ3) is 2.26. The van der Waals surface area contributed by atoms with Crippen LogP contribution in [0.25, 0.3) is 0 Å². The number of rotatable bonds is 2. The number of fused-ring (bicyclic) bond motifs is 1. The van der Waals surface area contributed by atoms with Gasteiger partial charge < -0.3 is 14.9 Å². The van der Waals surface area contributed by atoms with Gasteiger partial charge in [0.1, 0.15) is 17.4 Å². The van der Waals surface area contributed by atoms with E-state index < -0.39 is 12.1 Å². The Morgan fingerprint density at radius 2 is 2.24 bits per heavy atom. The van der Waals surface area contributed by atoms with E-state index >= 15 is 0 Å². The molecule has 0 aromatic heterocycles. The highest BCUT2D eigenvalue weighted by Crippen LogP contribution is 2.31. The Balaban J connectivity index is 2.32. The summed E-state index contributed by atoms with van der Waals surface area (Å²) >= 11 is 0. The zero-order valence-corrected chi connectivity index (χ0v) is 9.93. The zero-order valence-electron chi connectivity index (χ0n) is 9.93. The second-order valence-corrected chi connectivity index (χ2v) is 4.58. The summed E-state index contributed by atoms with van der Waals surface area (Å²) in [5.74, 6) is -0.499. The molecule has 2 rings (SSSR count). The Hall–Kier alpha value is -1.55. The molecule has 1 aliphatic rings. The molecule has 1 aromatic rings. The van der Waals surface area contributed by atoms with Gasteiger partial charge >= 0.3 is 5.97 Å². The second-order valence-electron chi connectivity index (χ2n) is 4.58. The zero-order chi connectivity index (χ0) is 12.6. The highest BCUT2D eigenvalue weighted by Gasteiger charge is 2.30. The van der Waals surface area contributed by atoms with Crippen molar-refractivity contribution < 1.29 is 19.7 Å². The number of aliphatic hydroxyl groups excluding tert-OH is 1. The van der Waals surface area contributed by atoms with Crippen LogP contribution in [0.2, 0.25) is 0 Å². The molecule has 0 fully saturated rings. The van der Waals surface area contributed by atoms with Crippen LogP contribution in [0.1, 0.15) is 34.8 Å². The molecule has 17 heavy (non-hydrogen) atoms. The molecule has 1 aliphatic heterocycles. The van der Waals surface area contributed by atoms with Crippen molar-refractivity contribution in [3.8, 4) is 5.75 Å². The third-order valence-electron chi connectivity index (χ3n) is 3.00. The van der Waals surface area contributed by atoms with Gasteiger partial charge in [-0.05, 0) is 25.0 Å². The quantitative estimate of drug-likeness (QED) is 0.765. The molecule has 2 atom stereocenters. The molecule has 92 valence electrons. The summed E-state index contributed by atoms with van der Waals surface area (Å²) in [7, 11) is 0. The molecule has 0 saturated carbocycles. The average molecular weight is 236 g/mol. The first-order chi connectivity index (χ1) is 7.99. The van der Waals surface area contributed by atoms with Crippen molar-refractivity contribution in [1.82, 2.24) is 0 Å². The van der Waals surface area contributed by atoms with Crippen molar-refractivity contribution in [3.05, 3.63) is 28.8 Å². The van der Waals surface area contributed by atoms with E-state index in [4.69, 9.17) is 4.74 Å². The fraction of sp³-hybridized carbons (Fsp3) is 0.462. The molecule has 4 heteroatoms. The first kappa shape index (κ1) is 11.9. The van der Waals surface area contributed by atoms with Crippen LogP contribution in [0.5, 0.6) is 5.75 Å². The van der Waals surface area contributed by atoms with Gasteiger partial charge in [-0.1, -0.05) is 12.1 Å². The van der Waals surface area contributed by atoms with Gasteiger partial charge in [-0.25, -0.2) is 4.79 Å². The van der Waals surface area contributed by atoms with Crippen molar-refractivity contribution in [3.63, 3.8) is 0 Å². The van der Waals surface area contributed by atoms with E-state index in [2.05, 4.69) is 0 Å². The van der Waals surface area contributed by atoms with E-state index in [9.17, 15) is 15.0 Å². The molecule has 0 saturated heterocycles. The Bertz CT molecular complexity index is 451. The molecule has 2 N–H and O–H groups in total. The molecular weight excluding hydrogens is 220 g/mol. The fourth-order valence-corrected chi connectivity index (χ4v) is 2.14. The molecule has 1 heterocycles. The van der Waals surface area contributed by atoms with Gasteiger partial charge in [-0.2, -0.15) is 0 Å². The van der Waals surface area contributed by atoms with Gasteiger partial charge in [0, 0.05) is 12.8 Å². The molecule has 0 aliphatic carbocycles. The first-order valence-electron chi connectivity index (χ1n) is 5.69. The van der Waals surface area contributed by atoms with Crippen molar-refractivity contribution >= 4 is 5.97 Å². The van der Waals surface area contributed by atoms with Gasteiger partial charge in [0.25, 0.3) is 0 Å². The number of hydrogen-bond acceptors (Lipinski definition) is 4. The van der Waals surface area contributed by atoms with Gasteiger partial charge in [-0.15, -0.1) is 0 Å². The SMILES string of the molecule is Cc1ccc2c(c1O)C(=O)O[C@@H](C[C@@H](C)O)C2. The Kier molecular flexibility index (Phi) is 3.07. The number of aromatic hydroxyl groups is 1. The van der Waals surface area contributed by atoms with Crippen LogP contribution in [-0.2, 0) is 11.2 Å². The number of esters is 1. The lowest BCUT2D eigenvalue weighted by Crippen LogP contribution is -2.30. The van der Waals surface area contributed by atoms with Gasteiger partial charge in [0.05, 0.1) is 6.10 Å².